The first-order chi connectivity index (χ1) is 12.8. The molecular weight excluding hydrogens is 368 g/mol. The summed E-state index contributed by atoms with van der Waals surface area (Å²) in [6.07, 6.45) is 2.53. The summed E-state index contributed by atoms with van der Waals surface area (Å²) in [4.78, 5) is 16.2. The number of hydrogen-bond acceptors (Lipinski definition) is 6. The fourth-order valence-electron chi connectivity index (χ4n) is 3.26. The molecule has 3 rings (SSSR count). The van der Waals surface area contributed by atoms with Crippen LogP contribution in [0, 0.1) is 19.8 Å². The molecule has 1 aromatic carbocycles. The summed E-state index contributed by atoms with van der Waals surface area (Å²) in [7, 11) is -3.66. The van der Waals surface area contributed by atoms with Crippen molar-refractivity contribution in [1.82, 2.24) is 9.29 Å². The Morgan fingerprint density at radius 2 is 2.00 bits per heavy atom. The number of benzene rings is 1. The van der Waals surface area contributed by atoms with Crippen LogP contribution in [0.4, 0.5) is 0 Å². The summed E-state index contributed by atoms with van der Waals surface area (Å²) >= 11 is 0. The minimum atomic E-state index is -3.66. The zero-order chi connectivity index (χ0) is 19.6. The summed E-state index contributed by atoms with van der Waals surface area (Å²) in [5, 5.41) is 0. The smallest absolute Gasteiger partial charge is 0.309 e. The van der Waals surface area contributed by atoms with Crippen molar-refractivity contribution in [2.75, 3.05) is 19.7 Å². The molecule has 0 spiro atoms. The van der Waals surface area contributed by atoms with E-state index in [9.17, 15) is 13.2 Å². The number of carbonyl (C=O) groups is 1. The number of oxazole rings is 1. The van der Waals surface area contributed by atoms with Gasteiger partial charge in [-0.25, -0.2) is 13.4 Å². The molecule has 1 aliphatic heterocycles. The van der Waals surface area contributed by atoms with Gasteiger partial charge < -0.3 is 9.15 Å². The van der Waals surface area contributed by atoms with Gasteiger partial charge in [0.25, 0.3) is 0 Å². The second-order valence-corrected chi connectivity index (χ2v) is 8.56. The molecule has 0 amide bonds. The Hall–Kier alpha value is -2.19. The second kappa shape index (κ2) is 7.82. The van der Waals surface area contributed by atoms with Gasteiger partial charge in [-0.05, 0) is 38.3 Å². The molecule has 2 aromatic rings. The topological polar surface area (TPSA) is 89.7 Å². The Bertz CT molecular complexity index is 927. The molecule has 27 heavy (non-hydrogen) atoms. The third-order valence-electron chi connectivity index (χ3n) is 4.79. The molecular formula is C19H24N2O5S. The Balaban J connectivity index is 1.82. The van der Waals surface area contributed by atoms with Crippen molar-refractivity contribution in [3.8, 4) is 11.3 Å². The van der Waals surface area contributed by atoms with Gasteiger partial charge in [-0.3, -0.25) is 4.79 Å². The Labute approximate surface area is 159 Å². The maximum atomic E-state index is 13.2. The third kappa shape index (κ3) is 4.06. The largest absolute Gasteiger partial charge is 0.466 e. The molecule has 1 aliphatic rings. The lowest BCUT2D eigenvalue weighted by Crippen LogP contribution is -2.40. The van der Waals surface area contributed by atoms with Crippen molar-refractivity contribution in [3.05, 3.63) is 35.9 Å². The highest BCUT2D eigenvalue weighted by molar-refractivity contribution is 7.89. The quantitative estimate of drug-likeness (QED) is 0.727. The number of aryl methyl sites for hydroxylation is 2. The molecule has 0 radical (unpaired) electrons. The molecule has 1 fully saturated rings. The van der Waals surface area contributed by atoms with Gasteiger partial charge in [0.2, 0.25) is 10.0 Å². The fraction of sp³-hybridized carbons (Fsp3) is 0.474. The lowest BCUT2D eigenvalue weighted by molar-refractivity contribution is -0.149. The van der Waals surface area contributed by atoms with Gasteiger partial charge in [-0.15, -0.1) is 0 Å². The summed E-state index contributed by atoms with van der Waals surface area (Å²) in [6.45, 7) is 6.22. The van der Waals surface area contributed by atoms with E-state index in [1.165, 1.54) is 4.31 Å². The Kier molecular flexibility index (Phi) is 5.67. The fourth-order valence-corrected chi connectivity index (χ4v) is 4.98. The van der Waals surface area contributed by atoms with Crippen molar-refractivity contribution >= 4 is 16.0 Å². The van der Waals surface area contributed by atoms with E-state index in [0.29, 0.717) is 55.3 Å². The molecule has 1 aromatic heterocycles. The average molecular weight is 392 g/mol. The monoisotopic (exact) mass is 392 g/mol. The number of carbonyl (C=O) groups excluding carboxylic acids is 1. The number of sulfonamides is 1. The van der Waals surface area contributed by atoms with Crippen LogP contribution < -0.4 is 0 Å². The van der Waals surface area contributed by atoms with Gasteiger partial charge in [-0.2, -0.15) is 4.31 Å². The van der Waals surface area contributed by atoms with E-state index >= 15 is 0 Å². The van der Waals surface area contributed by atoms with E-state index in [0.717, 1.165) is 0 Å². The highest BCUT2D eigenvalue weighted by Gasteiger charge is 2.33. The Morgan fingerprint density at radius 3 is 2.59 bits per heavy atom. The van der Waals surface area contributed by atoms with E-state index in [4.69, 9.17) is 9.15 Å². The molecule has 0 atom stereocenters. The van der Waals surface area contributed by atoms with Crippen LogP contribution in [0.3, 0.4) is 0 Å². The predicted molar refractivity (Wildman–Crippen MR) is 99.5 cm³/mol. The molecule has 0 saturated carbocycles. The average Bonchev–Trinajstić information content (AvgIpc) is 3.08. The van der Waals surface area contributed by atoms with Crippen LogP contribution in [0.15, 0.2) is 33.7 Å². The first-order valence-corrected chi connectivity index (χ1v) is 10.5. The van der Waals surface area contributed by atoms with Gasteiger partial charge in [0, 0.05) is 25.6 Å². The number of nitrogens with zero attached hydrogens (tertiary/aromatic N) is 2. The highest BCUT2D eigenvalue weighted by atomic mass is 32.2. The predicted octanol–water partition coefficient (Wildman–Crippen LogP) is 2.92. The zero-order valence-electron chi connectivity index (χ0n) is 15.8. The molecule has 0 aliphatic carbocycles. The van der Waals surface area contributed by atoms with Gasteiger partial charge in [0.15, 0.2) is 11.7 Å². The maximum absolute atomic E-state index is 13.2. The van der Waals surface area contributed by atoms with E-state index in [2.05, 4.69) is 4.98 Å². The first kappa shape index (κ1) is 19.6. The minimum absolute atomic E-state index is 0.235. The summed E-state index contributed by atoms with van der Waals surface area (Å²) in [5.41, 5.74) is 1.34. The van der Waals surface area contributed by atoms with Gasteiger partial charge in [0.05, 0.1) is 23.6 Å². The highest BCUT2D eigenvalue weighted by Crippen LogP contribution is 2.30. The van der Waals surface area contributed by atoms with E-state index in [1.807, 2.05) is 6.07 Å². The van der Waals surface area contributed by atoms with Crippen molar-refractivity contribution in [1.29, 1.82) is 0 Å². The SMILES string of the molecule is CCOC(=O)C1CCN(S(=O)(=O)c2cc(-c3cnc(C)o3)ccc2C)CC1. The van der Waals surface area contributed by atoms with Crippen LogP contribution in [-0.2, 0) is 19.6 Å². The second-order valence-electron chi connectivity index (χ2n) is 6.65. The molecule has 7 nitrogen and oxygen atoms in total. The van der Waals surface area contributed by atoms with Crippen molar-refractivity contribution in [3.63, 3.8) is 0 Å². The Morgan fingerprint density at radius 1 is 1.30 bits per heavy atom. The number of aromatic nitrogens is 1. The molecule has 8 heteroatoms. The van der Waals surface area contributed by atoms with Crippen LogP contribution in [-0.4, -0.2) is 43.4 Å². The van der Waals surface area contributed by atoms with Crippen LogP contribution in [0.1, 0.15) is 31.2 Å². The number of esters is 1. The van der Waals surface area contributed by atoms with Crippen LogP contribution in [0.2, 0.25) is 0 Å². The first-order valence-electron chi connectivity index (χ1n) is 9.03. The van der Waals surface area contributed by atoms with Crippen molar-refractivity contribution < 1.29 is 22.4 Å². The molecule has 146 valence electrons. The number of piperidine rings is 1. The zero-order valence-corrected chi connectivity index (χ0v) is 16.6. The van der Waals surface area contributed by atoms with Gasteiger partial charge in [-0.1, -0.05) is 12.1 Å². The lowest BCUT2D eigenvalue weighted by atomic mass is 9.98. The van der Waals surface area contributed by atoms with Gasteiger partial charge >= 0.3 is 5.97 Å². The van der Waals surface area contributed by atoms with Gasteiger partial charge in [0.1, 0.15) is 0 Å². The molecule has 0 N–H and O–H groups in total. The number of rotatable bonds is 5. The molecule has 0 unspecified atom stereocenters. The van der Waals surface area contributed by atoms with E-state index in [1.54, 1.807) is 39.1 Å². The van der Waals surface area contributed by atoms with E-state index < -0.39 is 10.0 Å². The molecule has 0 bridgehead atoms. The number of ether oxygens (including phenoxy) is 1. The third-order valence-corrected chi connectivity index (χ3v) is 6.83. The van der Waals surface area contributed by atoms with Crippen LogP contribution in [0.25, 0.3) is 11.3 Å². The summed E-state index contributed by atoms with van der Waals surface area (Å²) in [5.74, 6) is 0.579. The molecule has 2 heterocycles. The van der Waals surface area contributed by atoms with Crippen LogP contribution >= 0.6 is 0 Å². The normalized spacial score (nSPS) is 16.4. The maximum Gasteiger partial charge on any atom is 0.309 e. The minimum Gasteiger partial charge on any atom is -0.466 e. The summed E-state index contributed by atoms with van der Waals surface area (Å²) in [6, 6.07) is 5.22. The van der Waals surface area contributed by atoms with E-state index in [-0.39, 0.29) is 16.8 Å². The standard InChI is InChI=1S/C19H24N2O5S/c1-4-25-19(22)15-7-9-21(10-8-15)27(23,24)18-11-16(6-5-13(18)2)17-12-20-14(3)26-17/h5-6,11-12,15H,4,7-10H2,1-3H3. The molecule has 1 saturated heterocycles. The lowest BCUT2D eigenvalue weighted by Gasteiger charge is -2.30. The van der Waals surface area contributed by atoms with Crippen molar-refractivity contribution in [2.24, 2.45) is 5.92 Å². The number of hydrogen-bond donors (Lipinski definition) is 0. The van der Waals surface area contributed by atoms with Crippen LogP contribution in [0.5, 0.6) is 0 Å². The van der Waals surface area contributed by atoms with Crippen molar-refractivity contribution in [2.45, 2.75) is 38.5 Å². The summed E-state index contributed by atoms with van der Waals surface area (Å²) < 4.78 is 38.3.